The summed E-state index contributed by atoms with van der Waals surface area (Å²) in [6.07, 6.45) is 1.50. The quantitative estimate of drug-likeness (QED) is 0.190. The van der Waals surface area contributed by atoms with Crippen LogP contribution in [0, 0.1) is 3.57 Å². The first-order valence-corrected chi connectivity index (χ1v) is 11.6. The van der Waals surface area contributed by atoms with Gasteiger partial charge in [0.2, 0.25) is 5.76 Å². The highest BCUT2D eigenvalue weighted by atomic mass is 127. The highest BCUT2D eigenvalue weighted by Crippen LogP contribution is 2.35. The lowest BCUT2D eigenvalue weighted by Crippen LogP contribution is -2.30. The number of halogens is 1. The molecule has 11 nitrogen and oxygen atoms in total. The normalized spacial score (nSPS) is 14.2. The lowest BCUT2D eigenvalue weighted by Gasteiger charge is -2.14. The van der Waals surface area contributed by atoms with Crippen LogP contribution in [0.3, 0.4) is 0 Å². The molecule has 0 atom stereocenters. The highest BCUT2D eigenvalue weighted by Gasteiger charge is 2.34. The fourth-order valence-corrected chi connectivity index (χ4v) is 3.90. The van der Waals surface area contributed by atoms with Crippen LogP contribution in [0.5, 0.6) is 11.5 Å². The van der Waals surface area contributed by atoms with Crippen LogP contribution in [-0.2, 0) is 25.6 Å². The molecule has 1 N–H and O–H groups in total. The summed E-state index contributed by atoms with van der Waals surface area (Å²) >= 11 is 2.03. The molecule has 0 aliphatic carbocycles. The van der Waals surface area contributed by atoms with Gasteiger partial charge in [-0.2, -0.15) is 0 Å². The van der Waals surface area contributed by atoms with Crippen LogP contribution in [-0.4, -0.2) is 55.7 Å². The molecule has 0 bridgehead atoms. The molecule has 186 valence electrons. The fraction of sp³-hybridized carbons (Fsp3) is 0.304. The van der Waals surface area contributed by atoms with Gasteiger partial charge in [-0.05, 0) is 72.3 Å². The Kier molecular flexibility index (Phi) is 8.73. The number of imide groups is 1. The summed E-state index contributed by atoms with van der Waals surface area (Å²) in [6, 6.07) is 5.61. The maximum Gasteiger partial charge on any atom is 0.373 e. The molecular formula is C23H23IN2O9. The van der Waals surface area contributed by atoms with Crippen molar-refractivity contribution in [1.82, 2.24) is 10.2 Å². The Morgan fingerprint density at radius 1 is 1.14 bits per heavy atom. The van der Waals surface area contributed by atoms with Gasteiger partial charge in [0.25, 0.3) is 5.91 Å². The van der Waals surface area contributed by atoms with Crippen LogP contribution < -0.4 is 14.8 Å². The van der Waals surface area contributed by atoms with Crippen molar-refractivity contribution >= 4 is 52.5 Å². The third kappa shape index (κ3) is 6.32. The first-order valence-electron chi connectivity index (χ1n) is 10.5. The predicted molar refractivity (Wildman–Crippen MR) is 130 cm³/mol. The number of hydrogen-bond donors (Lipinski definition) is 1. The van der Waals surface area contributed by atoms with Gasteiger partial charge in [-0.3, -0.25) is 9.69 Å². The number of hydrogen-bond acceptors (Lipinski definition) is 9. The fourth-order valence-electron chi connectivity index (χ4n) is 3.12. The zero-order valence-corrected chi connectivity index (χ0v) is 21.4. The Labute approximate surface area is 214 Å². The minimum Gasteiger partial charge on any atom is -0.490 e. The molecule has 1 aliphatic rings. The lowest BCUT2D eigenvalue weighted by atomic mass is 10.1. The third-order valence-corrected chi connectivity index (χ3v) is 5.41. The number of furan rings is 1. The predicted octanol–water partition coefficient (Wildman–Crippen LogP) is 3.10. The van der Waals surface area contributed by atoms with E-state index < -0.39 is 23.9 Å². The van der Waals surface area contributed by atoms with Crippen molar-refractivity contribution in [1.29, 1.82) is 0 Å². The van der Waals surface area contributed by atoms with Gasteiger partial charge in [0.1, 0.15) is 11.5 Å². The SMILES string of the molecule is CCOC(=O)COc1c(I)cc(/C=C2\NC(=O)N(Cc3ccc(C(=O)OC)o3)C2=O)cc1OCC. The topological polar surface area (TPSA) is 134 Å². The summed E-state index contributed by atoms with van der Waals surface area (Å²) in [5.74, 6) is -0.794. The number of carbonyl (C=O) groups is 4. The summed E-state index contributed by atoms with van der Waals surface area (Å²) in [6.45, 7) is 3.64. The molecule has 2 aromatic rings. The average Bonchev–Trinajstić information content (AvgIpc) is 3.39. The number of nitrogens with one attached hydrogen (secondary N) is 1. The van der Waals surface area contributed by atoms with Gasteiger partial charge in [-0.1, -0.05) is 0 Å². The van der Waals surface area contributed by atoms with Crippen molar-refractivity contribution in [3.05, 3.63) is 50.6 Å². The Balaban J connectivity index is 1.79. The molecule has 12 heteroatoms. The van der Waals surface area contributed by atoms with Gasteiger partial charge in [0.15, 0.2) is 18.1 Å². The second-order valence-electron chi connectivity index (χ2n) is 6.99. The van der Waals surface area contributed by atoms with Crippen LogP contribution in [0.15, 0.2) is 34.4 Å². The maximum absolute atomic E-state index is 12.9. The molecule has 1 aromatic heterocycles. The van der Waals surface area contributed by atoms with Crippen LogP contribution in [0.25, 0.3) is 6.08 Å². The molecule has 0 saturated carbocycles. The van der Waals surface area contributed by atoms with Crippen LogP contribution >= 0.6 is 22.6 Å². The molecule has 0 unspecified atom stereocenters. The van der Waals surface area contributed by atoms with E-state index in [9.17, 15) is 19.2 Å². The van der Waals surface area contributed by atoms with E-state index in [2.05, 4.69) is 10.1 Å². The lowest BCUT2D eigenvalue weighted by molar-refractivity contribution is -0.145. The van der Waals surface area contributed by atoms with Crippen molar-refractivity contribution in [2.75, 3.05) is 26.9 Å². The summed E-state index contributed by atoms with van der Waals surface area (Å²) in [7, 11) is 1.22. The minimum absolute atomic E-state index is 0.0337. The second-order valence-corrected chi connectivity index (χ2v) is 8.16. The van der Waals surface area contributed by atoms with Crippen molar-refractivity contribution < 1.29 is 42.5 Å². The van der Waals surface area contributed by atoms with Crippen LogP contribution in [0.4, 0.5) is 4.79 Å². The minimum atomic E-state index is -0.663. The largest absolute Gasteiger partial charge is 0.490 e. The number of amides is 3. The van der Waals surface area contributed by atoms with Crippen molar-refractivity contribution in [2.45, 2.75) is 20.4 Å². The Hall–Kier alpha value is -3.55. The van der Waals surface area contributed by atoms with E-state index in [-0.39, 0.29) is 37.0 Å². The van der Waals surface area contributed by atoms with Gasteiger partial charge >= 0.3 is 18.0 Å². The smallest absolute Gasteiger partial charge is 0.373 e. The number of nitrogens with zero attached hydrogens (tertiary/aromatic N) is 1. The van der Waals surface area contributed by atoms with Crippen molar-refractivity contribution in [3.8, 4) is 11.5 Å². The summed E-state index contributed by atoms with van der Waals surface area (Å²) in [5, 5.41) is 2.53. The van der Waals surface area contributed by atoms with E-state index in [1.54, 1.807) is 26.0 Å². The standard InChI is InChI=1S/C23H23IN2O9/c1-4-32-18-10-13(8-15(24)20(18)34-12-19(27)33-5-2)9-16-21(28)26(23(30)25-16)11-14-6-7-17(35-14)22(29)31-3/h6-10H,4-5,11-12H2,1-3H3,(H,25,30)/b16-9-. The van der Waals surface area contributed by atoms with Crippen LogP contribution in [0.2, 0.25) is 0 Å². The van der Waals surface area contributed by atoms with E-state index >= 15 is 0 Å². The maximum atomic E-state index is 12.9. The number of esters is 2. The van der Waals surface area contributed by atoms with Crippen LogP contribution in [0.1, 0.15) is 35.7 Å². The van der Waals surface area contributed by atoms with E-state index in [0.29, 0.717) is 27.2 Å². The van der Waals surface area contributed by atoms with Crippen molar-refractivity contribution in [2.24, 2.45) is 0 Å². The molecule has 1 saturated heterocycles. The van der Waals surface area contributed by atoms with Gasteiger partial charge in [-0.25, -0.2) is 14.4 Å². The zero-order valence-electron chi connectivity index (χ0n) is 19.2. The molecule has 1 fully saturated rings. The van der Waals surface area contributed by atoms with Crippen molar-refractivity contribution in [3.63, 3.8) is 0 Å². The molecule has 1 aliphatic heterocycles. The molecule has 2 heterocycles. The van der Waals surface area contributed by atoms with Gasteiger partial charge < -0.3 is 28.7 Å². The number of benzene rings is 1. The third-order valence-electron chi connectivity index (χ3n) is 4.61. The summed E-state index contributed by atoms with van der Waals surface area (Å²) in [4.78, 5) is 49.4. The van der Waals surface area contributed by atoms with E-state index in [0.717, 1.165) is 4.90 Å². The summed E-state index contributed by atoms with van der Waals surface area (Å²) < 4.78 is 26.7. The molecule has 1 aromatic carbocycles. The van der Waals surface area contributed by atoms with E-state index in [1.807, 2.05) is 22.6 Å². The molecule has 0 radical (unpaired) electrons. The van der Waals surface area contributed by atoms with Gasteiger partial charge in [0, 0.05) is 0 Å². The molecule has 3 amide bonds. The van der Waals surface area contributed by atoms with E-state index in [4.69, 9.17) is 18.6 Å². The number of ether oxygens (including phenoxy) is 4. The molecule has 0 spiro atoms. The first kappa shape index (κ1) is 26.1. The van der Waals surface area contributed by atoms with Gasteiger partial charge in [-0.15, -0.1) is 0 Å². The zero-order chi connectivity index (χ0) is 25.5. The highest BCUT2D eigenvalue weighted by molar-refractivity contribution is 14.1. The summed E-state index contributed by atoms with van der Waals surface area (Å²) in [5.41, 5.74) is 0.617. The van der Waals surface area contributed by atoms with Gasteiger partial charge in [0.05, 0.1) is 30.4 Å². The average molecular weight is 598 g/mol. The van der Waals surface area contributed by atoms with E-state index in [1.165, 1.54) is 25.3 Å². The Bertz CT molecular complexity index is 1170. The Morgan fingerprint density at radius 2 is 1.91 bits per heavy atom. The Morgan fingerprint density at radius 3 is 2.60 bits per heavy atom. The number of rotatable bonds is 10. The number of urea groups is 1. The first-order chi connectivity index (χ1) is 16.8. The molecule has 35 heavy (non-hydrogen) atoms. The number of methoxy groups -OCH3 is 1. The molecule has 3 rings (SSSR count). The number of carbonyl (C=O) groups excluding carboxylic acids is 4. The second kappa shape index (κ2) is 11.7. The monoisotopic (exact) mass is 598 g/mol. The molecular weight excluding hydrogens is 575 g/mol.